The molecule has 2 saturated carbocycles. The minimum Gasteiger partial charge on any atom is -0.369 e. The van der Waals surface area contributed by atoms with E-state index in [9.17, 15) is 22.8 Å². The van der Waals surface area contributed by atoms with E-state index in [0.717, 1.165) is 25.6 Å². The normalized spacial score (nSPS) is 27.2. The summed E-state index contributed by atoms with van der Waals surface area (Å²) < 4.78 is 45.2. The Morgan fingerprint density at radius 1 is 1.14 bits per heavy atom. The van der Waals surface area contributed by atoms with Crippen molar-refractivity contribution >= 4 is 11.8 Å². The predicted octanol–water partition coefficient (Wildman–Crippen LogP) is 3.57. The molecule has 37 heavy (non-hydrogen) atoms. The first kappa shape index (κ1) is 25.6. The van der Waals surface area contributed by atoms with Gasteiger partial charge in [-0.2, -0.15) is 18.3 Å². The largest absolute Gasteiger partial charge is 0.417 e. The van der Waals surface area contributed by atoms with Gasteiger partial charge in [-0.1, -0.05) is 0 Å². The average molecular weight is 521 g/mol. The Hall–Kier alpha value is -3.02. The Labute approximate surface area is 212 Å². The quantitative estimate of drug-likeness (QED) is 0.623. The van der Waals surface area contributed by atoms with Crippen LogP contribution < -0.4 is 5.32 Å². The van der Waals surface area contributed by atoms with Crippen molar-refractivity contribution < 1.29 is 27.5 Å². The molecule has 2 aromatic heterocycles. The molecule has 2 amide bonds. The van der Waals surface area contributed by atoms with Crippen molar-refractivity contribution in [3.63, 3.8) is 0 Å². The van der Waals surface area contributed by atoms with Crippen LogP contribution in [0.4, 0.5) is 13.2 Å². The lowest BCUT2D eigenvalue weighted by Crippen LogP contribution is -2.54. The highest BCUT2D eigenvalue weighted by atomic mass is 19.4. The van der Waals surface area contributed by atoms with Gasteiger partial charge in [0, 0.05) is 36.8 Å². The summed E-state index contributed by atoms with van der Waals surface area (Å²) in [6, 6.07) is 3.18. The van der Waals surface area contributed by atoms with Crippen LogP contribution in [0, 0.1) is 12.8 Å². The minimum absolute atomic E-state index is 0.138. The Morgan fingerprint density at radius 2 is 1.86 bits per heavy atom. The van der Waals surface area contributed by atoms with Gasteiger partial charge in [0.2, 0.25) is 5.91 Å². The zero-order valence-corrected chi connectivity index (χ0v) is 20.9. The molecule has 12 heteroatoms. The van der Waals surface area contributed by atoms with Crippen LogP contribution in [0.1, 0.15) is 67.5 Å². The second-order valence-electron chi connectivity index (χ2n) is 10.6. The summed E-state index contributed by atoms with van der Waals surface area (Å²) in [6.45, 7) is 2.28. The number of aryl methyl sites for hydroxylation is 1. The van der Waals surface area contributed by atoms with E-state index < -0.39 is 11.8 Å². The van der Waals surface area contributed by atoms with E-state index in [1.54, 1.807) is 12.1 Å². The number of H-pyrrole nitrogens is 1. The molecule has 1 aliphatic heterocycles. The number of nitrogens with zero attached hydrogens (tertiary/aromatic N) is 4. The zero-order chi connectivity index (χ0) is 26.4. The molecule has 3 aliphatic rings. The smallest absolute Gasteiger partial charge is 0.369 e. The van der Waals surface area contributed by atoms with Crippen molar-refractivity contribution in [2.24, 2.45) is 5.92 Å². The summed E-state index contributed by atoms with van der Waals surface area (Å²) in [5.74, 6) is -0.594. The number of methoxy groups -OCH3 is 1. The number of carbonyl (C=O) groups is 2. The Bertz CT molecular complexity index is 1170. The maximum absolute atomic E-state index is 13.4. The fourth-order valence-corrected chi connectivity index (χ4v) is 5.81. The lowest BCUT2D eigenvalue weighted by Gasteiger charge is -2.42. The van der Waals surface area contributed by atoms with E-state index in [0.29, 0.717) is 36.5 Å². The van der Waals surface area contributed by atoms with E-state index in [-0.39, 0.29) is 55.0 Å². The van der Waals surface area contributed by atoms with Crippen LogP contribution in [0.3, 0.4) is 0 Å². The van der Waals surface area contributed by atoms with Gasteiger partial charge in [0.25, 0.3) is 5.91 Å². The molecule has 1 saturated heterocycles. The van der Waals surface area contributed by atoms with E-state index in [1.165, 1.54) is 6.33 Å². The fourth-order valence-electron chi connectivity index (χ4n) is 5.81. The molecule has 1 atom stereocenters. The number of aromatic amines is 1. The van der Waals surface area contributed by atoms with Crippen molar-refractivity contribution in [1.82, 2.24) is 30.4 Å². The number of hydrogen-bond acceptors (Lipinski definition) is 6. The molecule has 200 valence electrons. The highest BCUT2D eigenvalue weighted by Gasteiger charge is 2.57. The van der Waals surface area contributed by atoms with E-state index >= 15 is 0 Å². The van der Waals surface area contributed by atoms with Crippen LogP contribution in [0.2, 0.25) is 0 Å². The lowest BCUT2D eigenvalue weighted by atomic mass is 9.81. The molecule has 2 aromatic rings. The van der Waals surface area contributed by atoms with Crippen LogP contribution in [-0.2, 0) is 9.53 Å². The molecule has 3 heterocycles. The second kappa shape index (κ2) is 9.38. The van der Waals surface area contributed by atoms with Gasteiger partial charge >= 0.3 is 6.18 Å². The summed E-state index contributed by atoms with van der Waals surface area (Å²) in [7, 11) is 1.09. The van der Waals surface area contributed by atoms with Gasteiger partial charge in [-0.15, -0.1) is 0 Å². The summed E-state index contributed by atoms with van der Waals surface area (Å²) in [5, 5.41) is 10.1. The monoisotopic (exact) mass is 520 g/mol. The molecular weight excluding hydrogens is 489 g/mol. The number of halogens is 3. The molecule has 0 bridgehead atoms. The van der Waals surface area contributed by atoms with E-state index in [2.05, 4.69) is 25.5 Å². The minimum atomic E-state index is -4.43. The summed E-state index contributed by atoms with van der Waals surface area (Å²) in [6.07, 6.45) is -0.208. The predicted molar refractivity (Wildman–Crippen MR) is 126 cm³/mol. The van der Waals surface area contributed by atoms with Crippen molar-refractivity contribution in [2.45, 2.75) is 81.6 Å². The first-order valence-electron chi connectivity index (χ1n) is 12.6. The standard InChI is InChI=1S/C25H31F3N6O3/c1-15-11-18(30-14-29-15)19-12-20(33-32-19)22(36)34-10-5-16(13-23(34)8-9-23)21(35)31-17-3-6-24(37-2,7-4-17)25(26,27)28/h11-12,14,16-17H,3-10,13H2,1-2H3,(H,31,35)(H,32,33)/t16-,17-,24+/m1/s1. The van der Waals surface area contributed by atoms with Gasteiger partial charge < -0.3 is 15.0 Å². The molecule has 2 aliphatic carbocycles. The number of rotatable bonds is 5. The number of nitrogens with one attached hydrogen (secondary N) is 2. The number of amides is 2. The van der Waals surface area contributed by atoms with E-state index in [1.807, 2.05) is 11.8 Å². The number of aromatic nitrogens is 4. The van der Waals surface area contributed by atoms with Crippen molar-refractivity contribution in [1.29, 1.82) is 0 Å². The average Bonchev–Trinajstić information content (AvgIpc) is 3.44. The van der Waals surface area contributed by atoms with Crippen molar-refractivity contribution in [2.75, 3.05) is 13.7 Å². The van der Waals surface area contributed by atoms with Crippen LogP contribution in [0.25, 0.3) is 11.4 Å². The topological polar surface area (TPSA) is 113 Å². The molecule has 2 N–H and O–H groups in total. The molecule has 1 spiro atoms. The number of alkyl halides is 3. The molecule has 3 fully saturated rings. The molecule has 5 rings (SSSR count). The number of ether oxygens (including phenoxy) is 1. The van der Waals surface area contributed by atoms with Crippen LogP contribution in [0.5, 0.6) is 0 Å². The van der Waals surface area contributed by atoms with E-state index in [4.69, 9.17) is 4.74 Å². The van der Waals surface area contributed by atoms with Crippen LogP contribution in [-0.4, -0.2) is 73.9 Å². The van der Waals surface area contributed by atoms with Crippen LogP contribution in [0.15, 0.2) is 18.5 Å². The Kier molecular flexibility index (Phi) is 6.49. The number of carbonyl (C=O) groups excluding carboxylic acids is 2. The highest BCUT2D eigenvalue weighted by molar-refractivity contribution is 5.94. The van der Waals surface area contributed by atoms with Gasteiger partial charge in [0.05, 0.1) is 11.4 Å². The summed E-state index contributed by atoms with van der Waals surface area (Å²) in [4.78, 5) is 36.5. The maximum atomic E-state index is 13.4. The van der Waals surface area contributed by atoms with Crippen LogP contribution >= 0.6 is 0 Å². The van der Waals surface area contributed by atoms with Gasteiger partial charge in [-0.3, -0.25) is 14.7 Å². The van der Waals surface area contributed by atoms with Gasteiger partial charge in [-0.05, 0) is 70.4 Å². The third-order valence-corrected chi connectivity index (χ3v) is 8.27. The Morgan fingerprint density at radius 3 is 2.49 bits per heavy atom. The summed E-state index contributed by atoms with van der Waals surface area (Å²) >= 11 is 0. The van der Waals surface area contributed by atoms with Gasteiger partial charge in [-0.25, -0.2) is 9.97 Å². The SMILES string of the molecule is CO[C@]1(C(F)(F)F)CC[C@H](NC(=O)[C@@H]2CCN(C(=O)c3cc(-c4cc(C)ncn4)[nH]n3)C3(CC3)C2)CC1. The van der Waals surface area contributed by atoms with Crippen molar-refractivity contribution in [3.05, 3.63) is 29.8 Å². The number of likely N-dealkylation sites (tertiary alicyclic amines) is 1. The number of piperidine rings is 1. The molecule has 9 nitrogen and oxygen atoms in total. The lowest BCUT2D eigenvalue weighted by molar-refractivity contribution is -0.280. The highest BCUT2D eigenvalue weighted by Crippen LogP contribution is 2.51. The maximum Gasteiger partial charge on any atom is 0.417 e. The fraction of sp³-hybridized carbons (Fsp3) is 0.640. The third kappa shape index (κ3) is 4.83. The first-order valence-corrected chi connectivity index (χ1v) is 12.6. The number of hydrogen-bond donors (Lipinski definition) is 2. The Balaban J connectivity index is 1.19. The molecule has 0 unspecified atom stereocenters. The zero-order valence-electron chi connectivity index (χ0n) is 20.9. The molecule has 0 radical (unpaired) electrons. The van der Waals surface area contributed by atoms with Gasteiger partial charge in [0.1, 0.15) is 6.33 Å². The third-order valence-electron chi connectivity index (χ3n) is 8.27. The van der Waals surface area contributed by atoms with Gasteiger partial charge in [0.15, 0.2) is 11.3 Å². The second-order valence-corrected chi connectivity index (χ2v) is 10.6. The van der Waals surface area contributed by atoms with Crippen molar-refractivity contribution in [3.8, 4) is 11.4 Å². The summed E-state index contributed by atoms with van der Waals surface area (Å²) in [5.41, 5.74) is -0.114. The molecule has 0 aromatic carbocycles. The molecular formula is C25H31F3N6O3. The first-order chi connectivity index (χ1) is 17.6.